The quantitative estimate of drug-likeness (QED) is 0.696. The van der Waals surface area contributed by atoms with Crippen molar-refractivity contribution in [3.05, 3.63) is 71.4 Å². The number of carbonyl (C=O) groups is 2. The van der Waals surface area contributed by atoms with Gasteiger partial charge in [-0.1, -0.05) is 42.5 Å². The molecule has 1 heterocycles. The average Bonchev–Trinajstić information content (AvgIpc) is 2.83. The van der Waals surface area contributed by atoms with Crippen molar-refractivity contribution in [1.82, 2.24) is 10.2 Å². The Kier molecular flexibility index (Phi) is 4.33. The summed E-state index contributed by atoms with van der Waals surface area (Å²) < 4.78 is 0. The molecule has 1 fully saturated rings. The van der Waals surface area contributed by atoms with Crippen molar-refractivity contribution in [2.45, 2.75) is 6.54 Å². The fourth-order valence-electron chi connectivity index (χ4n) is 2.55. The molecule has 0 aromatic heterocycles. The van der Waals surface area contributed by atoms with Crippen LogP contribution >= 0.6 is 0 Å². The Labute approximate surface area is 141 Å². The Balaban J connectivity index is 1.88. The number of carbonyl (C=O) groups excluding carboxylic acids is 2. The molecular formula is C19H19N3O2. The van der Waals surface area contributed by atoms with E-state index in [9.17, 15) is 9.59 Å². The van der Waals surface area contributed by atoms with Crippen molar-refractivity contribution >= 4 is 23.7 Å². The first-order valence-electron chi connectivity index (χ1n) is 7.70. The Morgan fingerprint density at radius 1 is 1.00 bits per heavy atom. The number of nitrogens with zero attached hydrogens (tertiary/aromatic N) is 2. The second-order valence-corrected chi connectivity index (χ2v) is 5.85. The maximum atomic E-state index is 12.1. The van der Waals surface area contributed by atoms with E-state index in [4.69, 9.17) is 0 Å². The summed E-state index contributed by atoms with van der Waals surface area (Å²) in [5.74, 6) is -0.368. The molecule has 1 saturated heterocycles. The van der Waals surface area contributed by atoms with Gasteiger partial charge in [0.25, 0.3) is 5.91 Å². The topological polar surface area (TPSA) is 52.7 Å². The summed E-state index contributed by atoms with van der Waals surface area (Å²) in [7, 11) is 3.94. The third kappa shape index (κ3) is 3.30. The summed E-state index contributed by atoms with van der Waals surface area (Å²) in [4.78, 5) is 27.7. The molecular weight excluding hydrogens is 302 g/mol. The number of hydrogen-bond acceptors (Lipinski definition) is 3. The van der Waals surface area contributed by atoms with E-state index in [1.807, 2.05) is 73.6 Å². The molecule has 1 aliphatic rings. The summed E-state index contributed by atoms with van der Waals surface area (Å²) in [6.45, 7) is 0.361. The molecule has 3 rings (SSSR count). The molecule has 2 aromatic rings. The molecule has 0 atom stereocenters. The molecule has 0 saturated carbocycles. The van der Waals surface area contributed by atoms with Crippen LogP contribution in [0.25, 0.3) is 6.08 Å². The third-order valence-electron chi connectivity index (χ3n) is 3.89. The molecule has 5 nitrogen and oxygen atoms in total. The van der Waals surface area contributed by atoms with E-state index >= 15 is 0 Å². The van der Waals surface area contributed by atoms with E-state index < -0.39 is 0 Å². The number of imide groups is 1. The Bertz CT molecular complexity index is 780. The first kappa shape index (κ1) is 15.8. The van der Waals surface area contributed by atoms with Crippen LogP contribution in [0, 0.1) is 0 Å². The fraction of sp³-hybridized carbons (Fsp3) is 0.158. The number of hydrogen-bond donors (Lipinski definition) is 1. The van der Waals surface area contributed by atoms with Crippen LogP contribution in [-0.4, -0.2) is 30.9 Å². The lowest BCUT2D eigenvalue weighted by Crippen LogP contribution is -2.27. The van der Waals surface area contributed by atoms with Crippen molar-refractivity contribution in [1.29, 1.82) is 0 Å². The lowest BCUT2D eigenvalue weighted by molar-refractivity contribution is -0.116. The van der Waals surface area contributed by atoms with Gasteiger partial charge in [-0.05, 0) is 29.3 Å². The summed E-state index contributed by atoms with van der Waals surface area (Å²) in [5.41, 5.74) is 3.28. The highest BCUT2D eigenvalue weighted by Gasteiger charge is 2.32. The van der Waals surface area contributed by atoms with Crippen LogP contribution in [-0.2, 0) is 11.3 Å². The van der Waals surface area contributed by atoms with Gasteiger partial charge in [0.15, 0.2) is 0 Å². The predicted molar refractivity (Wildman–Crippen MR) is 94.3 cm³/mol. The highest BCUT2D eigenvalue weighted by Crippen LogP contribution is 2.21. The first-order chi connectivity index (χ1) is 11.5. The van der Waals surface area contributed by atoms with E-state index in [1.54, 1.807) is 6.08 Å². The number of benzene rings is 2. The second-order valence-electron chi connectivity index (χ2n) is 5.85. The van der Waals surface area contributed by atoms with Gasteiger partial charge in [-0.15, -0.1) is 0 Å². The molecule has 0 bridgehead atoms. The molecule has 122 valence electrons. The largest absolute Gasteiger partial charge is 0.378 e. The smallest absolute Gasteiger partial charge is 0.329 e. The molecule has 0 aliphatic carbocycles. The Hall–Kier alpha value is -3.08. The summed E-state index contributed by atoms with van der Waals surface area (Å²) >= 11 is 0. The van der Waals surface area contributed by atoms with Gasteiger partial charge in [-0.3, -0.25) is 15.0 Å². The van der Waals surface area contributed by atoms with Crippen LogP contribution in [0.2, 0.25) is 0 Å². The molecule has 1 N–H and O–H groups in total. The van der Waals surface area contributed by atoms with Crippen molar-refractivity contribution in [2.75, 3.05) is 19.0 Å². The van der Waals surface area contributed by atoms with Crippen LogP contribution in [0.4, 0.5) is 10.5 Å². The number of urea groups is 1. The predicted octanol–water partition coefficient (Wildman–Crippen LogP) is 2.85. The lowest BCUT2D eigenvalue weighted by Gasteiger charge is -2.16. The number of amides is 3. The van der Waals surface area contributed by atoms with Gasteiger partial charge < -0.3 is 4.90 Å². The molecule has 3 amide bonds. The van der Waals surface area contributed by atoms with Gasteiger partial charge in [-0.2, -0.15) is 0 Å². The average molecular weight is 321 g/mol. The van der Waals surface area contributed by atoms with Gasteiger partial charge in [0.2, 0.25) is 0 Å². The van der Waals surface area contributed by atoms with E-state index in [1.165, 1.54) is 4.90 Å². The third-order valence-corrected chi connectivity index (χ3v) is 3.89. The van der Waals surface area contributed by atoms with Crippen molar-refractivity contribution in [2.24, 2.45) is 0 Å². The second kappa shape index (κ2) is 6.58. The van der Waals surface area contributed by atoms with Gasteiger partial charge in [0.1, 0.15) is 5.70 Å². The minimum Gasteiger partial charge on any atom is -0.378 e. The Morgan fingerprint density at radius 2 is 1.67 bits per heavy atom. The Morgan fingerprint density at radius 3 is 2.29 bits per heavy atom. The van der Waals surface area contributed by atoms with Crippen LogP contribution in [0.3, 0.4) is 0 Å². The zero-order valence-electron chi connectivity index (χ0n) is 13.7. The summed E-state index contributed by atoms with van der Waals surface area (Å²) in [6, 6.07) is 17.0. The van der Waals surface area contributed by atoms with E-state index in [-0.39, 0.29) is 11.9 Å². The highest BCUT2D eigenvalue weighted by atomic mass is 16.2. The maximum absolute atomic E-state index is 12.1. The van der Waals surface area contributed by atoms with Gasteiger partial charge in [0, 0.05) is 19.8 Å². The van der Waals surface area contributed by atoms with Crippen molar-refractivity contribution in [3.63, 3.8) is 0 Å². The molecule has 24 heavy (non-hydrogen) atoms. The summed E-state index contributed by atoms with van der Waals surface area (Å²) in [5, 5.41) is 2.36. The minimum absolute atomic E-state index is 0.361. The van der Waals surface area contributed by atoms with Crippen molar-refractivity contribution in [3.8, 4) is 0 Å². The zero-order chi connectivity index (χ0) is 17.1. The van der Waals surface area contributed by atoms with Gasteiger partial charge in [0.05, 0.1) is 6.54 Å². The van der Waals surface area contributed by atoms with Crippen LogP contribution in [0.1, 0.15) is 11.1 Å². The molecule has 0 spiro atoms. The SMILES string of the molecule is CN(C)c1ccc(/C=C2/C(=O)NC(=O)N2Cc2ccccc2)cc1. The van der Waals surface area contributed by atoms with E-state index in [0.29, 0.717) is 12.2 Å². The lowest BCUT2D eigenvalue weighted by atomic mass is 10.1. The van der Waals surface area contributed by atoms with Gasteiger partial charge >= 0.3 is 6.03 Å². The van der Waals surface area contributed by atoms with E-state index in [2.05, 4.69) is 5.32 Å². The monoisotopic (exact) mass is 321 g/mol. The number of rotatable bonds is 4. The minimum atomic E-state index is -0.389. The molecule has 5 heteroatoms. The molecule has 0 radical (unpaired) electrons. The molecule has 1 aliphatic heterocycles. The van der Waals surface area contributed by atoms with E-state index in [0.717, 1.165) is 16.8 Å². The maximum Gasteiger partial charge on any atom is 0.329 e. The standard InChI is InChI=1S/C19H19N3O2/c1-21(2)16-10-8-14(9-11-16)12-17-18(23)20-19(24)22(17)13-15-6-4-3-5-7-15/h3-12H,13H2,1-2H3,(H,20,23,24)/b17-12-. The zero-order valence-corrected chi connectivity index (χ0v) is 13.7. The van der Waals surface area contributed by atoms with Crippen LogP contribution in [0.5, 0.6) is 0 Å². The van der Waals surface area contributed by atoms with Crippen LogP contribution in [0.15, 0.2) is 60.3 Å². The normalized spacial score (nSPS) is 15.8. The number of anilines is 1. The fourth-order valence-corrected chi connectivity index (χ4v) is 2.55. The summed E-state index contributed by atoms with van der Waals surface area (Å²) in [6.07, 6.45) is 1.74. The van der Waals surface area contributed by atoms with Gasteiger partial charge in [-0.25, -0.2) is 4.79 Å². The van der Waals surface area contributed by atoms with Crippen LogP contribution < -0.4 is 10.2 Å². The van der Waals surface area contributed by atoms with Crippen molar-refractivity contribution < 1.29 is 9.59 Å². The highest BCUT2D eigenvalue weighted by molar-refractivity contribution is 6.13. The molecule has 2 aromatic carbocycles. The first-order valence-corrected chi connectivity index (χ1v) is 7.70. The number of nitrogens with one attached hydrogen (secondary N) is 1. The molecule has 0 unspecified atom stereocenters.